The molecule has 1 aliphatic rings. The molecule has 104 valence electrons. The molecule has 1 heterocycles. The molecule has 0 aromatic rings. The number of carbonyl (C=O) groups is 1. The van der Waals surface area contributed by atoms with Gasteiger partial charge in [-0.25, -0.2) is 0 Å². The van der Waals surface area contributed by atoms with Crippen LogP contribution in [0.3, 0.4) is 0 Å². The third-order valence-corrected chi connectivity index (χ3v) is 2.86. The lowest BCUT2D eigenvalue weighted by molar-refractivity contribution is -0.147. The van der Waals surface area contributed by atoms with Crippen molar-refractivity contribution in [3.63, 3.8) is 0 Å². The van der Waals surface area contributed by atoms with Gasteiger partial charge in [-0.2, -0.15) is 0 Å². The molecule has 0 radical (unpaired) electrons. The zero-order chi connectivity index (χ0) is 13.4. The number of guanidine groups is 1. The molecule has 0 atom stereocenters. The van der Waals surface area contributed by atoms with E-state index in [1.807, 2.05) is 13.8 Å². The lowest BCUT2D eigenvalue weighted by Gasteiger charge is -2.27. The number of rotatable bonds is 5. The molecule has 5 nitrogen and oxygen atoms in total. The third-order valence-electron chi connectivity index (χ3n) is 2.86. The quantitative estimate of drug-likeness (QED) is 0.350. The molecule has 1 aliphatic heterocycles. The Labute approximate surface area is 109 Å². The normalized spacial score (nSPS) is 17.1. The fourth-order valence-corrected chi connectivity index (χ4v) is 1.96. The minimum atomic E-state index is -0.156. The molecule has 1 rings (SSSR count). The number of hydrogen-bond donors (Lipinski definition) is 1. The summed E-state index contributed by atoms with van der Waals surface area (Å²) in [7, 11) is 0. The van der Waals surface area contributed by atoms with E-state index < -0.39 is 0 Å². The number of nitrogens with two attached hydrogens (primary N) is 1. The van der Waals surface area contributed by atoms with E-state index in [1.54, 1.807) is 0 Å². The van der Waals surface area contributed by atoms with E-state index in [1.165, 1.54) is 19.3 Å². The molecule has 0 aromatic carbocycles. The molecule has 0 saturated carbocycles. The van der Waals surface area contributed by atoms with Gasteiger partial charge in [0.1, 0.15) is 0 Å². The van der Waals surface area contributed by atoms with E-state index >= 15 is 0 Å². The number of piperidine rings is 1. The molecule has 0 aliphatic carbocycles. The van der Waals surface area contributed by atoms with Crippen LogP contribution < -0.4 is 5.73 Å². The lowest BCUT2D eigenvalue weighted by atomic mass is 10.1. The van der Waals surface area contributed by atoms with Crippen molar-refractivity contribution in [2.75, 3.05) is 19.6 Å². The Bertz CT molecular complexity index is 284. The Morgan fingerprint density at radius 1 is 1.33 bits per heavy atom. The van der Waals surface area contributed by atoms with Crippen LogP contribution in [0.1, 0.15) is 46.0 Å². The first-order chi connectivity index (χ1) is 8.59. The van der Waals surface area contributed by atoms with Gasteiger partial charge >= 0.3 is 5.97 Å². The maximum Gasteiger partial charge on any atom is 0.306 e. The predicted molar refractivity (Wildman–Crippen MR) is 72.4 cm³/mol. The summed E-state index contributed by atoms with van der Waals surface area (Å²) in [5, 5.41) is 0. The molecule has 18 heavy (non-hydrogen) atoms. The van der Waals surface area contributed by atoms with E-state index in [0.717, 1.165) is 13.1 Å². The van der Waals surface area contributed by atoms with Crippen LogP contribution in [0.5, 0.6) is 0 Å². The SMILES string of the molecule is CC(C)OC(=O)CCCN=C(N)N1CCCCC1. The van der Waals surface area contributed by atoms with Crippen molar-refractivity contribution >= 4 is 11.9 Å². The topological polar surface area (TPSA) is 67.9 Å². The first kappa shape index (κ1) is 14.8. The van der Waals surface area contributed by atoms with Crippen LogP contribution in [0.15, 0.2) is 4.99 Å². The summed E-state index contributed by atoms with van der Waals surface area (Å²) in [5.41, 5.74) is 5.91. The van der Waals surface area contributed by atoms with Gasteiger partial charge in [-0.1, -0.05) is 0 Å². The summed E-state index contributed by atoms with van der Waals surface area (Å²) >= 11 is 0. The molecule has 5 heteroatoms. The van der Waals surface area contributed by atoms with E-state index in [0.29, 0.717) is 25.3 Å². The molecule has 0 unspecified atom stereocenters. The highest BCUT2D eigenvalue weighted by Gasteiger charge is 2.11. The monoisotopic (exact) mass is 255 g/mol. The molecular weight excluding hydrogens is 230 g/mol. The fraction of sp³-hybridized carbons (Fsp3) is 0.846. The van der Waals surface area contributed by atoms with Crippen molar-refractivity contribution in [3.8, 4) is 0 Å². The van der Waals surface area contributed by atoms with Gasteiger partial charge in [0.05, 0.1) is 6.10 Å². The number of nitrogens with zero attached hydrogens (tertiary/aromatic N) is 2. The molecule has 1 fully saturated rings. The van der Waals surface area contributed by atoms with Crippen LogP contribution in [0.2, 0.25) is 0 Å². The van der Waals surface area contributed by atoms with E-state index in [4.69, 9.17) is 10.5 Å². The van der Waals surface area contributed by atoms with Crippen molar-refractivity contribution in [1.82, 2.24) is 4.90 Å². The highest BCUT2D eigenvalue weighted by Crippen LogP contribution is 2.08. The van der Waals surface area contributed by atoms with Crippen LogP contribution in [-0.4, -0.2) is 42.6 Å². The number of likely N-dealkylation sites (tertiary alicyclic amines) is 1. The van der Waals surface area contributed by atoms with Crippen molar-refractivity contribution in [2.45, 2.75) is 52.1 Å². The summed E-state index contributed by atoms with van der Waals surface area (Å²) in [5.74, 6) is 0.462. The zero-order valence-electron chi connectivity index (χ0n) is 11.5. The average molecular weight is 255 g/mol. The van der Waals surface area contributed by atoms with Crippen molar-refractivity contribution in [1.29, 1.82) is 0 Å². The van der Waals surface area contributed by atoms with Gasteiger partial charge in [0.15, 0.2) is 5.96 Å². The van der Waals surface area contributed by atoms with Crippen LogP contribution in [0.4, 0.5) is 0 Å². The number of hydrogen-bond acceptors (Lipinski definition) is 3. The number of ether oxygens (including phenoxy) is 1. The summed E-state index contributed by atoms with van der Waals surface area (Å²) in [6, 6.07) is 0. The van der Waals surface area contributed by atoms with Crippen molar-refractivity contribution in [3.05, 3.63) is 0 Å². The summed E-state index contributed by atoms with van der Waals surface area (Å²) in [6.45, 7) is 6.31. The van der Waals surface area contributed by atoms with Crippen molar-refractivity contribution < 1.29 is 9.53 Å². The Hall–Kier alpha value is -1.26. The molecular formula is C13H25N3O2. The molecule has 0 amide bonds. The lowest BCUT2D eigenvalue weighted by Crippen LogP contribution is -2.40. The first-order valence-electron chi connectivity index (χ1n) is 6.84. The Morgan fingerprint density at radius 3 is 2.61 bits per heavy atom. The fourth-order valence-electron chi connectivity index (χ4n) is 1.96. The highest BCUT2D eigenvalue weighted by molar-refractivity contribution is 5.78. The zero-order valence-corrected chi connectivity index (χ0v) is 11.5. The molecule has 0 bridgehead atoms. The van der Waals surface area contributed by atoms with Crippen LogP contribution in [-0.2, 0) is 9.53 Å². The van der Waals surface area contributed by atoms with Gasteiger partial charge in [-0.05, 0) is 39.5 Å². The second kappa shape index (κ2) is 7.95. The summed E-state index contributed by atoms with van der Waals surface area (Å²) in [4.78, 5) is 17.7. The van der Waals surface area contributed by atoms with Crippen LogP contribution in [0.25, 0.3) is 0 Å². The van der Waals surface area contributed by atoms with E-state index in [-0.39, 0.29) is 12.1 Å². The van der Waals surface area contributed by atoms with Crippen LogP contribution >= 0.6 is 0 Å². The van der Waals surface area contributed by atoms with Crippen molar-refractivity contribution in [2.24, 2.45) is 10.7 Å². The third kappa shape index (κ3) is 5.89. The Kier molecular flexibility index (Phi) is 6.54. The van der Waals surface area contributed by atoms with Gasteiger partial charge < -0.3 is 15.4 Å². The second-order valence-electron chi connectivity index (χ2n) is 4.93. The molecule has 0 spiro atoms. The smallest absolute Gasteiger partial charge is 0.306 e. The van der Waals surface area contributed by atoms with E-state index in [9.17, 15) is 4.79 Å². The van der Waals surface area contributed by atoms with E-state index in [2.05, 4.69) is 9.89 Å². The maximum atomic E-state index is 11.3. The molecule has 1 saturated heterocycles. The second-order valence-corrected chi connectivity index (χ2v) is 4.93. The van der Waals surface area contributed by atoms with Gasteiger partial charge in [-0.15, -0.1) is 0 Å². The Morgan fingerprint density at radius 2 is 2.00 bits per heavy atom. The predicted octanol–water partition coefficient (Wildman–Crippen LogP) is 1.52. The summed E-state index contributed by atoms with van der Waals surface area (Å²) in [6.07, 6.45) is 4.73. The van der Waals surface area contributed by atoms with Gasteiger partial charge in [0.25, 0.3) is 0 Å². The molecule has 0 aromatic heterocycles. The Balaban J connectivity index is 2.17. The highest BCUT2D eigenvalue weighted by atomic mass is 16.5. The standard InChI is InChI=1S/C13H25N3O2/c1-11(2)18-12(17)7-6-8-15-13(14)16-9-4-3-5-10-16/h11H,3-10H2,1-2H3,(H2,14,15). The van der Waals surface area contributed by atoms with Crippen LogP contribution in [0, 0.1) is 0 Å². The number of aliphatic imine (C=N–C) groups is 1. The molecule has 2 N–H and O–H groups in total. The average Bonchev–Trinajstić information content (AvgIpc) is 2.34. The minimum absolute atomic E-state index is 0.0422. The summed E-state index contributed by atoms with van der Waals surface area (Å²) < 4.78 is 5.04. The van der Waals surface area contributed by atoms with Gasteiger partial charge in [0.2, 0.25) is 0 Å². The number of esters is 1. The number of carbonyl (C=O) groups excluding carboxylic acids is 1. The van der Waals surface area contributed by atoms with Gasteiger partial charge in [-0.3, -0.25) is 9.79 Å². The first-order valence-corrected chi connectivity index (χ1v) is 6.84. The van der Waals surface area contributed by atoms with Gasteiger partial charge in [0, 0.05) is 26.1 Å². The minimum Gasteiger partial charge on any atom is -0.463 e. The maximum absolute atomic E-state index is 11.3. The largest absolute Gasteiger partial charge is 0.463 e.